The molecular formula is C15H26N2O3. The highest BCUT2D eigenvalue weighted by atomic mass is 16.5. The topological polar surface area (TPSA) is 54.0 Å². The Labute approximate surface area is 121 Å². The summed E-state index contributed by atoms with van der Waals surface area (Å²) >= 11 is 0. The zero-order chi connectivity index (χ0) is 15.0. The predicted octanol–water partition coefficient (Wildman–Crippen LogP) is 1.63. The van der Waals surface area contributed by atoms with E-state index in [-0.39, 0.29) is 11.8 Å². The van der Waals surface area contributed by atoms with Crippen LogP contribution < -0.4 is 10.1 Å². The van der Waals surface area contributed by atoms with Crippen LogP contribution in [-0.2, 0) is 4.74 Å². The third-order valence-electron chi connectivity index (χ3n) is 3.08. The number of hydrogen-bond acceptors (Lipinski definition) is 5. The molecule has 1 aromatic rings. The Morgan fingerprint density at radius 3 is 2.70 bits per heavy atom. The number of nitrogens with one attached hydrogen (secondary N) is 1. The average molecular weight is 282 g/mol. The van der Waals surface area contributed by atoms with E-state index >= 15 is 0 Å². The van der Waals surface area contributed by atoms with Crippen LogP contribution in [0, 0.1) is 0 Å². The summed E-state index contributed by atoms with van der Waals surface area (Å²) in [6.07, 6.45) is 0. The molecule has 0 aliphatic carbocycles. The number of methoxy groups -OCH3 is 1. The summed E-state index contributed by atoms with van der Waals surface area (Å²) in [6.45, 7) is 5.06. The lowest BCUT2D eigenvalue weighted by molar-refractivity contribution is 0.118. The van der Waals surface area contributed by atoms with E-state index < -0.39 is 0 Å². The van der Waals surface area contributed by atoms with E-state index in [2.05, 4.69) is 10.2 Å². The largest absolute Gasteiger partial charge is 0.508 e. The number of rotatable bonds is 9. The molecule has 2 N–H and O–H groups in total. The van der Waals surface area contributed by atoms with E-state index in [9.17, 15) is 5.11 Å². The van der Waals surface area contributed by atoms with Crippen LogP contribution in [0.4, 0.5) is 0 Å². The molecule has 20 heavy (non-hydrogen) atoms. The molecular weight excluding hydrogens is 256 g/mol. The SMILES string of the molecule is COc1ccc(O)c(C(C)NCCOCCN(C)C)c1. The molecule has 0 aliphatic rings. The number of hydrogen-bond donors (Lipinski definition) is 2. The zero-order valence-electron chi connectivity index (χ0n) is 12.8. The van der Waals surface area contributed by atoms with Crippen LogP contribution in [0.15, 0.2) is 18.2 Å². The lowest BCUT2D eigenvalue weighted by Gasteiger charge is -2.17. The highest BCUT2D eigenvalue weighted by molar-refractivity contribution is 5.41. The molecule has 0 spiro atoms. The van der Waals surface area contributed by atoms with Crippen LogP contribution in [0.3, 0.4) is 0 Å². The summed E-state index contributed by atoms with van der Waals surface area (Å²) in [5, 5.41) is 13.2. The molecule has 0 aromatic heterocycles. The van der Waals surface area contributed by atoms with Gasteiger partial charge in [0.2, 0.25) is 0 Å². The van der Waals surface area contributed by atoms with Gasteiger partial charge in [-0.3, -0.25) is 0 Å². The van der Waals surface area contributed by atoms with E-state index in [0.29, 0.717) is 6.61 Å². The molecule has 0 amide bonds. The fourth-order valence-corrected chi connectivity index (χ4v) is 1.81. The predicted molar refractivity (Wildman–Crippen MR) is 80.4 cm³/mol. The first-order valence-corrected chi connectivity index (χ1v) is 6.87. The van der Waals surface area contributed by atoms with Crippen LogP contribution in [0.25, 0.3) is 0 Å². The number of ether oxygens (including phenoxy) is 2. The smallest absolute Gasteiger partial charge is 0.120 e. The fraction of sp³-hybridized carbons (Fsp3) is 0.600. The lowest BCUT2D eigenvalue weighted by Crippen LogP contribution is -2.25. The fourth-order valence-electron chi connectivity index (χ4n) is 1.81. The molecule has 1 aromatic carbocycles. The van der Waals surface area contributed by atoms with Crippen LogP contribution in [0.5, 0.6) is 11.5 Å². The van der Waals surface area contributed by atoms with Gasteiger partial charge in [0, 0.05) is 24.7 Å². The van der Waals surface area contributed by atoms with Crippen LogP contribution >= 0.6 is 0 Å². The van der Waals surface area contributed by atoms with E-state index in [1.54, 1.807) is 19.2 Å². The van der Waals surface area contributed by atoms with Gasteiger partial charge in [0.25, 0.3) is 0 Å². The summed E-state index contributed by atoms with van der Waals surface area (Å²) < 4.78 is 10.7. The molecule has 0 saturated carbocycles. The maximum Gasteiger partial charge on any atom is 0.120 e. The van der Waals surface area contributed by atoms with Crippen molar-refractivity contribution in [3.8, 4) is 11.5 Å². The number of aromatic hydroxyl groups is 1. The molecule has 0 heterocycles. The highest BCUT2D eigenvalue weighted by Gasteiger charge is 2.10. The van der Waals surface area contributed by atoms with Gasteiger partial charge in [-0.1, -0.05) is 0 Å². The van der Waals surface area contributed by atoms with Gasteiger partial charge in [0.05, 0.1) is 20.3 Å². The summed E-state index contributed by atoms with van der Waals surface area (Å²) in [4.78, 5) is 2.09. The minimum atomic E-state index is 0.0440. The lowest BCUT2D eigenvalue weighted by atomic mass is 10.1. The van der Waals surface area contributed by atoms with Gasteiger partial charge in [-0.2, -0.15) is 0 Å². The Bertz CT molecular complexity index is 397. The molecule has 0 aliphatic heterocycles. The first kappa shape index (κ1) is 16.8. The number of phenolic OH excluding ortho intramolecular Hbond substituents is 1. The Kier molecular flexibility index (Phi) is 7.36. The van der Waals surface area contributed by atoms with Crippen molar-refractivity contribution in [2.45, 2.75) is 13.0 Å². The van der Waals surface area contributed by atoms with Crippen molar-refractivity contribution in [2.24, 2.45) is 0 Å². The van der Waals surface area contributed by atoms with Crippen molar-refractivity contribution in [2.75, 3.05) is 47.5 Å². The number of likely N-dealkylation sites (N-methyl/N-ethyl adjacent to an activating group) is 1. The third kappa shape index (κ3) is 5.77. The number of benzene rings is 1. The monoisotopic (exact) mass is 282 g/mol. The van der Waals surface area contributed by atoms with Crippen molar-refractivity contribution in [1.82, 2.24) is 10.2 Å². The molecule has 5 nitrogen and oxygen atoms in total. The standard InChI is InChI=1S/C15H26N2O3/c1-12(16-7-9-20-10-8-17(2)3)14-11-13(19-4)5-6-15(14)18/h5-6,11-12,16,18H,7-10H2,1-4H3. The molecule has 114 valence electrons. The molecule has 5 heteroatoms. The molecule has 0 bridgehead atoms. The van der Waals surface area contributed by atoms with Gasteiger partial charge in [-0.05, 0) is 39.2 Å². The van der Waals surface area contributed by atoms with Gasteiger partial charge in [0.1, 0.15) is 11.5 Å². The van der Waals surface area contributed by atoms with Crippen molar-refractivity contribution < 1.29 is 14.6 Å². The maximum absolute atomic E-state index is 9.87. The van der Waals surface area contributed by atoms with Crippen molar-refractivity contribution in [3.63, 3.8) is 0 Å². The van der Waals surface area contributed by atoms with E-state index in [0.717, 1.165) is 31.0 Å². The van der Waals surface area contributed by atoms with E-state index in [1.807, 2.05) is 27.1 Å². The average Bonchev–Trinajstić information content (AvgIpc) is 2.42. The number of nitrogens with zero attached hydrogens (tertiary/aromatic N) is 1. The zero-order valence-corrected chi connectivity index (χ0v) is 12.8. The summed E-state index contributed by atoms with van der Waals surface area (Å²) in [6, 6.07) is 5.29. The second kappa shape index (κ2) is 8.79. The Morgan fingerprint density at radius 1 is 1.30 bits per heavy atom. The van der Waals surface area contributed by atoms with Gasteiger partial charge in [-0.25, -0.2) is 0 Å². The van der Waals surface area contributed by atoms with Crippen LogP contribution in [0.1, 0.15) is 18.5 Å². The molecule has 0 saturated heterocycles. The summed E-state index contributed by atoms with van der Waals surface area (Å²) in [5.74, 6) is 1.02. The molecule has 0 radical (unpaired) electrons. The number of phenols is 1. The van der Waals surface area contributed by atoms with Gasteiger partial charge < -0.3 is 24.8 Å². The maximum atomic E-state index is 9.87. The summed E-state index contributed by atoms with van der Waals surface area (Å²) in [5.41, 5.74) is 0.831. The van der Waals surface area contributed by atoms with Crippen LogP contribution in [-0.4, -0.2) is 57.5 Å². The normalized spacial score (nSPS) is 12.7. The van der Waals surface area contributed by atoms with Crippen molar-refractivity contribution in [3.05, 3.63) is 23.8 Å². The molecule has 1 rings (SSSR count). The second-order valence-electron chi connectivity index (χ2n) is 5.02. The Balaban J connectivity index is 2.33. The minimum absolute atomic E-state index is 0.0440. The third-order valence-corrected chi connectivity index (χ3v) is 3.08. The highest BCUT2D eigenvalue weighted by Crippen LogP contribution is 2.27. The Hall–Kier alpha value is -1.30. The van der Waals surface area contributed by atoms with Crippen molar-refractivity contribution in [1.29, 1.82) is 0 Å². The van der Waals surface area contributed by atoms with E-state index in [4.69, 9.17) is 9.47 Å². The van der Waals surface area contributed by atoms with Gasteiger partial charge in [-0.15, -0.1) is 0 Å². The first-order chi connectivity index (χ1) is 9.54. The van der Waals surface area contributed by atoms with Gasteiger partial charge in [0.15, 0.2) is 0 Å². The van der Waals surface area contributed by atoms with Gasteiger partial charge >= 0.3 is 0 Å². The summed E-state index contributed by atoms with van der Waals surface area (Å²) in [7, 11) is 5.66. The quantitative estimate of drug-likeness (QED) is 0.674. The van der Waals surface area contributed by atoms with E-state index in [1.165, 1.54) is 0 Å². The minimum Gasteiger partial charge on any atom is -0.508 e. The second-order valence-corrected chi connectivity index (χ2v) is 5.02. The molecule has 1 atom stereocenters. The van der Waals surface area contributed by atoms with Crippen molar-refractivity contribution >= 4 is 0 Å². The van der Waals surface area contributed by atoms with Crippen LogP contribution in [0.2, 0.25) is 0 Å². The first-order valence-electron chi connectivity index (χ1n) is 6.87. The molecule has 1 unspecified atom stereocenters. The Morgan fingerprint density at radius 2 is 2.05 bits per heavy atom. The molecule has 0 fully saturated rings.